The molecule has 2 saturated heterocycles. The van der Waals surface area contributed by atoms with Gasteiger partial charge in [-0.05, 0) is 38.5 Å². The van der Waals surface area contributed by atoms with Crippen LogP contribution in [0.4, 0.5) is 0 Å². The third kappa shape index (κ3) is 32.0. The van der Waals surface area contributed by atoms with Crippen LogP contribution in [-0.2, 0) is 23.7 Å². The summed E-state index contributed by atoms with van der Waals surface area (Å²) in [6.07, 6.45) is 36.3. The van der Waals surface area contributed by atoms with Crippen LogP contribution in [0.25, 0.3) is 0 Å². The number of allylic oxidation sites excluding steroid dienone is 2. The maximum Gasteiger partial charge on any atom is 0.220 e. The summed E-state index contributed by atoms with van der Waals surface area (Å²) in [7, 11) is 0. The van der Waals surface area contributed by atoms with Crippen LogP contribution >= 0.6 is 0 Å². The topological polar surface area (TPSA) is 228 Å². The molecule has 0 radical (unpaired) electrons. The third-order valence-electron chi connectivity index (χ3n) is 15.5. The minimum absolute atomic E-state index is 0.207. The summed E-state index contributed by atoms with van der Waals surface area (Å²) in [4.78, 5) is 13.3. The molecule has 0 aliphatic carbocycles. The van der Waals surface area contributed by atoms with Crippen LogP contribution in [0.2, 0.25) is 0 Å². The fourth-order valence-electron chi connectivity index (χ4n) is 10.5. The Labute approximate surface area is 450 Å². The first kappa shape index (κ1) is 68.8. The molecular weight excluding hydrogens is 943 g/mol. The van der Waals surface area contributed by atoms with Gasteiger partial charge in [-0.15, -0.1) is 0 Å². The highest BCUT2D eigenvalue weighted by Gasteiger charge is 2.51. The highest BCUT2D eigenvalue weighted by atomic mass is 16.7. The van der Waals surface area contributed by atoms with Gasteiger partial charge in [0, 0.05) is 6.42 Å². The van der Waals surface area contributed by atoms with Crippen LogP contribution < -0.4 is 5.32 Å². The molecule has 0 aromatic carbocycles. The van der Waals surface area contributed by atoms with Crippen molar-refractivity contribution < 1.29 is 64.6 Å². The number of ether oxygens (including phenoxy) is 4. The van der Waals surface area contributed by atoms with Crippen LogP contribution in [0.1, 0.15) is 271 Å². The monoisotopic (exact) mass is 1060 g/mol. The lowest BCUT2D eigenvalue weighted by atomic mass is 9.97. The van der Waals surface area contributed by atoms with E-state index in [2.05, 4.69) is 31.3 Å². The van der Waals surface area contributed by atoms with Crippen LogP contribution in [0, 0.1) is 0 Å². The van der Waals surface area contributed by atoms with E-state index in [4.69, 9.17) is 18.9 Å². The fraction of sp³-hybridized carbons (Fsp3) is 0.950. The number of hydrogen-bond donors (Lipinski definition) is 9. The second kappa shape index (κ2) is 46.6. The molecule has 14 heteroatoms. The highest BCUT2D eigenvalue weighted by Crippen LogP contribution is 2.30. The zero-order chi connectivity index (χ0) is 53.9. The number of nitrogens with one attached hydrogen (secondary N) is 1. The first-order chi connectivity index (χ1) is 36.1. The molecule has 438 valence electrons. The molecule has 2 aliphatic heterocycles. The van der Waals surface area contributed by atoms with Gasteiger partial charge in [-0.1, -0.05) is 238 Å². The van der Waals surface area contributed by atoms with Crippen molar-refractivity contribution in [3.63, 3.8) is 0 Å². The second-order valence-corrected chi connectivity index (χ2v) is 22.2. The molecule has 0 aromatic rings. The van der Waals surface area contributed by atoms with Crippen LogP contribution in [0.3, 0.4) is 0 Å². The number of rotatable bonds is 50. The zero-order valence-corrected chi connectivity index (χ0v) is 47.1. The van der Waals surface area contributed by atoms with Gasteiger partial charge in [0.05, 0.1) is 32.0 Å². The normalized spacial score (nSPS) is 25.2. The largest absolute Gasteiger partial charge is 0.394 e. The van der Waals surface area contributed by atoms with Crippen molar-refractivity contribution in [1.82, 2.24) is 5.32 Å². The lowest BCUT2D eigenvalue weighted by Gasteiger charge is -2.46. The Morgan fingerprint density at radius 1 is 0.473 bits per heavy atom. The van der Waals surface area contributed by atoms with Crippen molar-refractivity contribution in [1.29, 1.82) is 0 Å². The van der Waals surface area contributed by atoms with E-state index in [0.717, 1.165) is 57.8 Å². The predicted octanol–water partition coefficient (Wildman–Crippen LogP) is 10.7. The molecule has 0 saturated carbocycles. The van der Waals surface area contributed by atoms with E-state index < -0.39 is 86.8 Å². The van der Waals surface area contributed by atoms with Crippen LogP contribution in [0.5, 0.6) is 0 Å². The summed E-state index contributed by atoms with van der Waals surface area (Å²) >= 11 is 0. The number of aliphatic hydroxyl groups excluding tert-OH is 8. The summed E-state index contributed by atoms with van der Waals surface area (Å²) in [6, 6.07) is -0.828. The van der Waals surface area contributed by atoms with Gasteiger partial charge in [-0.3, -0.25) is 4.79 Å². The van der Waals surface area contributed by atoms with Crippen molar-refractivity contribution >= 4 is 5.91 Å². The Bertz CT molecular complexity index is 1290. The van der Waals surface area contributed by atoms with E-state index in [1.54, 1.807) is 0 Å². The first-order valence-corrected chi connectivity index (χ1v) is 30.9. The van der Waals surface area contributed by atoms with Gasteiger partial charge in [0.25, 0.3) is 0 Å². The lowest BCUT2D eigenvalue weighted by Crippen LogP contribution is -2.65. The predicted molar refractivity (Wildman–Crippen MR) is 295 cm³/mol. The molecule has 0 bridgehead atoms. The number of amides is 1. The standard InChI is InChI=1S/C60H115NO13/c1-3-5-7-9-11-13-15-17-19-21-23-24-25-26-27-29-31-33-35-37-39-41-43-49(64)48(61-52(65)44-42-40-38-36-34-32-30-28-22-20-18-16-14-12-10-8-6-4-2)47-71-59-57(70)55(68)58(51(46-63)73-59)74-60-56(69)54(67)53(66)50(45-62)72-60/h20,22,48-51,53-60,62-64,66-70H,3-19,21,23-47H2,1-2H3,(H,61,65)/b22-20-. The number of aliphatic hydroxyl groups is 8. The molecule has 2 rings (SSSR count). The number of unbranched alkanes of at least 4 members (excludes halogenated alkanes) is 35. The molecule has 74 heavy (non-hydrogen) atoms. The van der Waals surface area contributed by atoms with E-state index in [1.807, 2.05) is 0 Å². The van der Waals surface area contributed by atoms with Crippen molar-refractivity contribution in [3.05, 3.63) is 12.2 Å². The van der Waals surface area contributed by atoms with Crippen molar-refractivity contribution in [2.75, 3.05) is 19.8 Å². The van der Waals surface area contributed by atoms with E-state index in [9.17, 15) is 45.6 Å². The Hall–Kier alpha value is -1.27. The smallest absolute Gasteiger partial charge is 0.220 e. The summed E-state index contributed by atoms with van der Waals surface area (Å²) in [5.74, 6) is -0.207. The van der Waals surface area contributed by atoms with Gasteiger partial charge < -0.3 is 65.1 Å². The van der Waals surface area contributed by atoms with Crippen molar-refractivity contribution in [2.24, 2.45) is 0 Å². The van der Waals surface area contributed by atoms with E-state index in [1.165, 1.54) is 186 Å². The SMILES string of the molecule is CCCCCCCCC/C=C\CCCCCCCCCC(=O)NC(COC1OC(CO)C(OC2OC(CO)C(O)C(O)C2O)C(O)C1O)C(O)CCCCCCCCCCCCCCCCCCCCCCCC. The van der Waals surface area contributed by atoms with Gasteiger partial charge in [0.15, 0.2) is 12.6 Å². The lowest BCUT2D eigenvalue weighted by molar-refractivity contribution is -0.359. The molecule has 0 spiro atoms. The minimum atomic E-state index is -1.78. The highest BCUT2D eigenvalue weighted by molar-refractivity contribution is 5.76. The van der Waals surface area contributed by atoms with Gasteiger partial charge >= 0.3 is 0 Å². The minimum Gasteiger partial charge on any atom is -0.394 e. The molecular formula is C60H115NO13. The summed E-state index contributed by atoms with van der Waals surface area (Å²) < 4.78 is 22.9. The average Bonchev–Trinajstić information content (AvgIpc) is 3.40. The molecule has 2 aliphatic rings. The third-order valence-corrected chi connectivity index (χ3v) is 15.5. The average molecular weight is 1060 g/mol. The van der Waals surface area contributed by atoms with Gasteiger partial charge in [-0.2, -0.15) is 0 Å². The zero-order valence-electron chi connectivity index (χ0n) is 47.1. The Balaban J connectivity index is 1.74. The van der Waals surface area contributed by atoms with E-state index in [0.29, 0.717) is 12.8 Å². The van der Waals surface area contributed by atoms with Crippen LogP contribution in [0.15, 0.2) is 12.2 Å². The first-order valence-electron chi connectivity index (χ1n) is 30.9. The van der Waals surface area contributed by atoms with E-state index >= 15 is 0 Å². The molecule has 2 fully saturated rings. The van der Waals surface area contributed by atoms with Crippen molar-refractivity contribution in [2.45, 2.75) is 344 Å². The molecule has 1 amide bonds. The number of carbonyl (C=O) groups is 1. The van der Waals surface area contributed by atoms with Crippen molar-refractivity contribution in [3.8, 4) is 0 Å². The molecule has 9 N–H and O–H groups in total. The number of carbonyl (C=O) groups excluding carboxylic acids is 1. The maximum atomic E-state index is 13.3. The van der Waals surface area contributed by atoms with Crippen LogP contribution in [-0.4, -0.2) is 140 Å². The van der Waals surface area contributed by atoms with Gasteiger partial charge in [0.1, 0.15) is 48.8 Å². The maximum absolute atomic E-state index is 13.3. The molecule has 14 nitrogen and oxygen atoms in total. The van der Waals surface area contributed by atoms with E-state index in [-0.39, 0.29) is 12.5 Å². The fourth-order valence-corrected chi connectivity index (χ4v) is 10.5. The Morgan fingerprint density at radius 3 is 1.28 bits per heavy atom. The second-order valence-electron chi connectivity index (χ2n) is 22.2. The van der Waals surface area contributed by atoms with Gasteiger partial charge in [-0.25, -0.2) is 0 Å². The number of hydrogen-bond acceptors (Lipinski definition) is 13. The Morgan fingerprint density at radius 2 is 0.851 bits per heavy atom. The van der Waals surface area contributed by atoms with Gasteiger partial charge in [0.2, 0.25) is 5.91 Å². The molecule has 2 heterocycles. The summed E-state index contributed by atoms with van der Waals surface area (Å²) in [5.41, 5.74) is 0. The summed E-state index contributed by atoms with van der Waals surface area (Å²) in [6.45, 7) is 2.89. The quantitative estimate of drug-likeness (QED) is 0.0204. The Kier molecular flexibility index (Phi) is 43.4. The molecule has 12 unspecified atom stereocenters. The summed E-state index contributed by atoms with van der Waals surface area (Å²) in [5, 5.41) is 87.3. The molecule has 0 aromatic heterocycles. The molecule has 12 atom stereocenters.